The monoisotopic (exact) mass is 299 g/mol. The van der Waals surface area contributed by atoms with Gasteiger partial charge >= 0.3 is 0 Å². The third kappa shape index (κ3) is 3.56. The van der Waals surface area contributed by atoms with Crippen molar-refractivity contribution in [3.05, 3.63) is 34.3 Å². The Labute approximate surface area is 105 Å². The number of benzene rings is 1. The third-order valence-electron chi connectivity index (χ3n) is 1.93. The summed E-state index contributed by atoms with van der Waals surface area (Å²) in [5.41, 5.74) is 10.1. The Bertz CT molecular complexity index is 462. The number of carbonyl (C=O) groups is 3. The molecule has 0 spiro atoms. The summed E-state index contributed by atoms with van der Waals surface area (Å²) in [7, 11) is 0. The summed E-state index contributed by atoms with van der Waals surface area (Å²) in [5.74, 6) is -2.60. The van der Waals surface area contributed by atoms with E-state index in [9.17, 15) is 14.4 Å². The lowest BCUT2D eigenvalue weighted by Crippen LogP contribution is -2.52. The number of nitrogens with one attached hydrogen (secondary N) is 1. The molecular weight excluding hydrogens is 290 g/mol. The first-order valence-corrected chi connectivity index (χ1v) is 5.36. The molecular formula is C10H10BrN3O3. The quantitative estimate of drug-likeness (QED) is 0.652. The van der Waals surface area contributed by atoms with Crippen LogP contribution < -0.4 is 16.8 Å². The van der Waals surface area contributed by atoms with E-state index in [0.29, 0.717) is 4.47 Å². The Morgan fingerprint density at radius 1 is 1.18 bits per heavy atom. The van der Waals surface area contributed by atoms with E-state index in [4.69, 9.17) is 11.5 Å². The van der Waals surface area contributed by atoms with Crippen molar-refractivity contribution in [2.75, 3.05) is 0 Å². The van der Waals surface area contributed by atoms with Gasteiger partial charge in [-0.25, -0.2) is 0 Å². The van der Waals surface area contributed by atoms with Crippen molar-refractivity contribution in [2.45, 2.75) is 6.04 Å². The van der Waals surface area contributed by atoms with Crippen molar-refractivity contribution in [1.82, 2.24) is 5.32 Å². The van der Waals surface area contributed by atoms with Crippen LogP contribution >= 0.6 is 15.9 Å². The van der Waals surface area contributed by atoms with Crippen LogP contribution in [0.3, 0.4) is 0 Å². The second-order valence-electron chi connectivity index (χ2n) is 3.22. The minimum atomic E-state index is -1.51. The van der Waals surface area contributed by atoms with Gasteiger partial charge in [0, 0.05) is 10.0 Å². The van der Waals surface area contributed by atoms with Crippen LogP contribution in [0.4, 0.5) is 0 Å². The zero-order chi connectivity index (χ0) is 13.0. The first kappa shape index (κ1) is 13.2. The van der Waals surface area contributed by atoms with Gasteiger partial charge in [-0.1, -0.05) is 22.0 Å². The van der Waals surface area contributed by atoms with Crippen LogP contribution in [0.2, 0.25) is 0 Å². The third-order valence-corrected chi connectivity index (χ3v) is 2.42. The first-order valence-electron chi connectivity index (χ1n) is 4.57. The molecule has 0 aromatic heterocycles. The topological polar surface area (TPSA) is 115 Å². The average Bonchev–Trinajstić information content (AvgIpc) is 2.24. The fourth-order valence-electron chi connectivity index (χ4n) is 1.13. The molecule has 7 heteroatoms. The number of hydrogen-bond acceptors (Lipinski definition) is 3. The lowest BCUT2D eigenvalue weighted by Gasteiger charge is -2.11. The molecule has 1 rings (SSSR count). The van der Waals surface area contributed by atoms with Gasteiger partial charge in [0.15, 0.2) is 6.04 Å². The van der Waals surface area contributed by atoms with Crippen LogP contribution in [0.1, 0.15) is 10.4 Å². The lowest BCUT2D eigenvalue weighted by atomic mass is 10.2. The van der Waals surface area contributed by atoms with Crippen molar-refractivity contribution in [2.24, 2.45) is 11.5 Å². The highest BCUT2D eigenvalue weighted by Crippen LogP contribution is 2.11. The predicted molar refractivity (Wildman–Crippen MR) is 63.8 cm³/mol. The number of amides is 3. The highest BCUT2D eigenvalue weighted by molar-refractivity contribution is 9.10. The molecule has 5 N–H and O–H groups in total. The van der Waals surface area contributed by atoms with E-state index < -0.39 is 23.8 Å². The maximum Gasteiger partial charge on any atom is 0.252 e. The molecule has 0 saturated heterocycles. The van der Waals surface area contributed by atoms with Crippen LogP contribution in [0, 0.1) is 0 Å². The highest BCUT2D eigenvalue weighted by Gasteiger charge is 2.24. The van der Waals surface area contributed by atoms with Crippen molar-refractivity contribution in [3.63, 3.8) is 0 Å². The van der Waals surface area contributed by atoms with E-state index in [1.165, 1.54) is 12.1 Å². The van der Waals surface area contributed by atoms with Crippen molar-refractivity contribution in [1.29, 1.82) is 0 Å². The van der Waals surface area contributed by atoms with Gasteiger partial charge in [0.05, 0.1) is 0 Å². The predicted octanol–water partition coefficient (Wildman–Crippen LogP) is -0.482. The van der Waals surface area contributed by atoms with Gasteiger partial charge in [0.2, 0.25) is 11.8 Å². The lowest BCUT2D eigenvalue weighted by molar-refractivity contribution is -0.128. The number of primary amides is 2. The van der Waals surface area contributed by atoms with Crippen LogP contribution in [0.5, 0.6) is 0 Å². The van der Waals surface area contributed by atoms with Gasteiger partial charge < -0.3 is 16.8 Å². The molecule has 6 nitrogen and oxygen atoms in total. The van der Waals surface area contributed by atoms with Crippen molar-refractivity contribution < 1.29 is 14.4 Å². The number of hydrogen-bond donors (Lipinski definition) is 3. The van der Waals surface area contributed by atoms with Gasteiger partial charge in [-0.2, -0.15) is 0 Å². The van der Waals surface area contributed by atoms with E-state index in [2.05, 4.69) is 21.2 Å². The fourth-order valence-corrected chi connectivity index (χ4v) is 1.53. The average molecular weight is 300 g/mol. The molecule has 0 unspecified atom stereocenters. The fraction of sp³-hybridized carbons (Fsp3) is 0.100. The van der Waals surface area contributed by atoms with Gasteiger partial charge in [-0.3, -0.25) is 14.4 Å². The molecule has 0 atom stereocenters. The zero-order valence-corrected chi connectivity index (χ0v) is 10.2. The number of halogens is 1. The molecule has 0 radical (unpaired) electrons. The molecule has 17 heavy (non-hydrogen) atoms. The summed E-state index contributed by atoms with van der Waals surface area (Å²) in [4.78, 5) is 33.4. The molecule has 0 aliphatic heterocycles. The molecule has 0 fully saturated rings. The van der Waals surface area contributed by atoms with Crippen LogP contribution in [-0.2, 0) is 9.59 Å². The molecule has 0 aliphatic carbocycles. The van der Waals surface area contributed by atoms with Crippen molar-refractivity contribution in [3.8, 4) is 0 Å². The zero-order valence-electron chi connectivity index (χ0n) is 8.64. The van der Waals surface area contributed by atoms with E-state index in [1.807, 2.05) is 0 Å². The highest BCUT2D eigenvalue weighted by atomic mass is 79.9. The summed E-state index contributed by atoms with van der Waals surface area (Å²) in [6.07, 6.45) is 0. The van der Waals surface area contributed by atoms with Crippen LogP contribution in [0.15, 0.2) is 28.7 Å². The maximum absolute atomic E-state index is 11.7. The van der Waals surface area contributed by atoms with Crippen molar-refractivity contribution >= 4 is 33.7 Å². The summed E-state index contributed by atoms with van der Waals surface area (Å²) >= 11 is 3.19. The van der Waals surface area contributed by atoms with E-state index in [1.54, 1.807) is 12.1 Å². The Hall–Kier alpha value is -1.89. The second kappa shape index (κ2) is 5.44. The molecule has 90 valence electrons. The molecule has 0 saturated carbocycles. The molecule has 3 amide bonds. The SMILES string of the molecule is NC(=O)C(NC(=O)c1cccc(Br)c1)C(N)=O. The Morgan fingerprint density at radius 2 is 1.76 bits per heavy atom. The van der Waals surface area contributed by atoms with Crippen LogP contribution in [-0.4, -0.2) is 23.8 Å². The van der Waals surface area contributed by atoms with E-state index in [-0.39, 0.29) is 5.56 Å². The van der Waals surface area contributed by atoms with E-state index >= 15 is 0 Å². The second-order valence-corrected chi connectivity index (χ2v) is 4.14. The number of carbonyl (C=O) groups excluding carboxylic acids is 3. The largest absolute Gasteiger partial charge is 0.367 e. The Morgan fingerprint density at radius 3 is 2.24 bits per heavy atom. The van der Waals surface area contributed by atoms with Gasteiger partial charge in [0.1, 0.15) is 0 Å². The van der Waals surface area contributed by atoms with Gasteiger partial charge in [-0.05, 0) is 18.2 Å². The summed E-state index contributed by atoms with van der Waals surface area (Å²) in [5, 5.41) is 2.15. The summed E-state index contributed by atoms with van der Waals surface area (Å²) in [6, 6.07) is 4.92. The molecule has 0 bridgehead atoms. The van der Waals surface area contributed by atoms with E-state index in [0.717, 1.165) is 0 Å². The summed E-state index contributed by atoms with van der Waals surface area (Å²) < 4.78 is 0.694. The standard InChI is InChI=1S/C10H10BrN3O3/c11-6-3-1-2-5(4-6)10(17)14-7(8(12)15)9(13)16/h1-4,7H,(H2,12,15)(H2,13,16)(H,14,17). The number of nitrogens with two attached hydrogens (primary N) is 2. The molecule has 0 heterocycles. The number of rotatable bonds is 4. The first-order chi connectivity index (χ1) is 7.91. The summed E-state index contributed by atoms with van der Waals surface area (Å²) in [6.45, 7) is 0. The van der Waals surface area contributed by atoms with Gasteiger partial charge in [0.25, 0.3) is 5.91 Å². The molecule has 1 aromatic carbocycles. The van der Waals surface area contributed by atoms with Gasteiger partial charge in [-0.15, -0.1) is 0 Å². The minimum Gasteiger partial charge on any atom is -0.367 e. The Balaban J connectivity index is 2.85. The smallest absolute Gasteiger partial charge is 0.252 e. The molecule has 0 aliphatic rings. The van der Waals surface area contributed by atoms with Crippen LogP contribution in [0.25, 0.3) is 0 Å². The maximum atomic E-state index is 11.7. The molecule has 1 aromatic rings. The minimum absolute atomic E-state index is 0.284. The Kier molecular flexibility index (Phi) is 4.22. The normalized spacial score (nSPS) is 10.0.